The predicted molar refractivity (Wildman–Crippen MR) is 105 cm³/mol. The summed E-state index contributed by atoms with van der Waals surface area (Å²) < 4.78 is 15.7. The SMILES string of the molecule is CCOc1cc(/C=N\NC(=O)C(=O)NCc2ccc(OC)cc2)ccc1OC. The van der Waals surface area contributed by atoms with Crippen LogP contribution in [0.3, 0.4) is 0 Å². The van der Waals surface area contributed by atoms with E-state index in [-0.39, 0.29) is 6.54 Å². The Labute approximate surface area is 163 Å². The molecule has 2 aromatic carbocycles. The lowest BCUT2D eigenvalue weighted by Crippen LogP contribution is -2.37. The van der Waals surface area contributed by atoms with Gasteiger partial charge in [-0.25, -0.2) is 5.43 Å². The van der Waals surface area contributed by atoms with Gasteiger partial charge in [0.2, 0.25) is 0 Å². The minimum atomic E-state index is -0.858. The number of hydrogen-bond acceptors (Lipinski definition) is 6. The van der Waals surface area contributed by atoms with Gasteiger partial charge in [-0.15, -0.1) is 0 Å². The Morgan fingerprint density at radius 2 is 1.75 bits per heavy atom. The molecule has 2 amide bonds. The summed E-state index contributed by atoms with van der Waals surface area (Å²) in [5.74, 6) is 0.243. The third-order valence-electron chi connectivity index (χ3n) is 3.69. The van der Waals surface area contributed by atoms with E-state index in [4.69, 9.17) is 14.2 Å². The van der Waals surface area contributed by atoms with Crippen LogP contribution in [-0.4, -0.2) is 38.9 Å². The number of carbonyl (C=O) groups is 2. The highest BCUT2D eigenvalue weighted by Gasteiger charge is 2.12. The van der Waals surface area contributed by atoms with Crippen LogP contribution in [0.4, 0.5) is 0 Å². The monoisotopic (exact) mass is 385 g/mol. The molecule has 0 spiro atoms. The molecular formula is C20H23N3O5. The van der Waals surface area contributed by atoms with E-state index in [0.717, 1.165) is 5.56 Å². The third kappa shape index (κ3) is 6.01. The molecular weight excluding hydrogens is 362 g/mol. The fraction of sp³-hybridized carbons (Fsp3) is 0.250. The van der Waals surface area contributed by atoms with Crippen LogP contribution in [0.15, 0.2) is 47.6 Å². The molecule has 28 heavy (non-hydrogen) atoms. The van der Waals surface area contributed by atoms with Crippen molar-refractivity contribution in [1.82, 2.24) is 10.7 Å². The number of nitrogens with one attached hydrogen (secondary N) is 2. The zero-order valence-corrected chi connectivity index (χ0v) is 16.0. The van der Waals surface area contributed by atoms with E-state index in [1.165, 1.54) is 6.21 Å². The summed E-state index contributed by atoms with van der Waals surface area (Å²) in [4.78, 5) is 23.7. The minimum absolute atomic E-state index is 0.218. The second-order valence-electron chi connectivity index (χ2n) is 5.57. The number of benzene rings is 2. The Hall–Kier alpha value is -3.55. The highest BCUT2D eigenvalue weighted by Crippen LogP contribution is 2.27. The van der Waals surface area contributed by atoms with Crippen molar-refractivity contribution < 1.29 is 23.8 Å². The number of rotatable bonds is 8. The second kappa shape index (κ2) is 10.6. The quantitative estimate of drug-likeness (QED) is 0.411. The van der Waals surface area contributed by atoms with Gasteiger partial charge in [-0.2, -0.15) is 5.10 Å². The molecule has 2 N–H and O–H groups in total. The summed E-state index contributed by atoms with van der Waals surface area (Å²) in [5.41, 5.74) is 3.72. The van der Waals surface area contributed by atoms with Crippen LogP contribution in [0.1, 0.15) is 18.1 Å². The third-order valence-corrected chi connectivity index (χ3v) is 3.69. The number of hydrazone groups is 1. The zero-order valence-electron chi connectivity index (χ0n) is 16.0. The van der Waals surface area contributed by atoms with Crippen LogP contribution in [0.25, 0.3) is 0 Å². The molecule has 0 aliphatic heterocycles. The average molecular weight is 385 g/mol. The standard InChI is InChI=1S/C20H23N3O5/c1-4-28-18-11-15(7-10-17(18)27-3)13-22-23-20(25)19(24)21-12-14-5-8-16(26-2)9-6-14/h5-11,13H,4,12H2,1-3H3,(H,21,24)(H,23,25)/b22-13-. The molecule has 2 aromatic rings. The Morgan fingerprint density at radius 3 is 2.39 bits per heavy atom. The van der Waals surface area contributed by atoms with E-state index in [0.29, 0.717) is 29.4 Å². The van der Waals surface area contributed by atoms with Gasteiger partial charge >= 0.3 is 11.8 Å². The predicted octanol–water partition coefficient (Wildman–Crippen LogP) is 1.87. The van der Waals surface area contributed by atoms with Gasteiger partial charge in [-0.3, -0.25) is 9.59 Å². The molecule has 0 saturated carbocycles. The van der Waals surface area contributed by atoms with Crippen LogP contribution in [0.5, 0.6) is 17.2 Å². The molecule has 0 fully saturated rings. The van der Waals surface area contributed by atoms with Crippen LogP contribution in [0.2, 0.25) is 0 Å². The largest absolute Gasteiger partial charge is 0.497 e. The topological polar surface area (TPSA) is 98.2 Å². The Morgan fingerprint density at radius 1 is 1.00 bits per heavy atom. The van der Waals surface area contributed by atoms with Crippen molar-refractivity contribution >= 4 is 18.0 Å². The number of nitrogens with zero attached hydrogens (tertiary/aromatic N) is 1. The molecule has 8 nitrogen and oxygen atoms in total. The maximum absolute atomic E-state index is 11.8. The Balaban J connectivity index is 1.86. The van der Waals surface area contributed by atoms with Gasteiger partial charge in [-0.05, 0) is 48.4 Å². The Kier molecular flexibility index (Phi) is 7.83. The molecule has 0 radical (unpaired) electrons. The lowest BCUT2D eigenvalue weighted by molar-refractivity contribution is -0.139. The van der Waals surface area contributed by atoms with Gasteiger partial charge in [-0.1, -0.05) is 12.1 Å². The number of carbonyl (C=O) groups excluding carboxylic acids is 2. The molecule has 0 aliphatic carbocycles. The van der Waals surface area contributed by atoms with Gasteiger partial charge in [0, 0.05) is 6.54 Å². The lowest BCUT2D eigenvalue weighted by Gasteiger charge is -2.09. The summed E-state index contributed by atoms with van der Waals surface area (Å²) in [5, 5.41) is 6.32. The smallest absolute Gasteiger partial charge is 0.329 e. The van der Waals surface area contributed by atoms with Crippen molar-refractivity contribution in [2.75, 3.05) is 20.8 Å². The van der Waals surface area contributed by atoms with E-state index in [9.17, 15) is 9.59 Å². The van der Waals surface area contributed by atoms with Crippen LogP contribution < -0.4 is 25.0 Å². The van der Waals surface area contributed by atoms with Crippen molar-refractivity contribution in [3.63, 3.8) is 0 Å². The van der Waals surface area contributed by atoms with Crippen molar-refractivity contribution in [3.05, 3.63) is 53.6 Å². The first-order valence-electron chi connectivity index (χ1n) is 8.62. The van der Waals surface area contributed by atoms with Crippen molar-refractivity contribution in [2.24, 2.45) is 5.10 Å². The summed E-state index contributed by atoms with van der Waals surface area (Å²) in [6, 6.07) is 12.4. The molecule has 0 bridgehead atoms. The first-order chi connectivity index (χ1) is 13.6. The van der Waals surface area contributed by atoms with Gasteiger partial charge < -0.3 is 19.5 Å². The van der Waals surface area contributed by atoms with Gasteiger partial charge in [0.15, 0.2) is 11.5 Å². The summed E-state index contributed by atoms with van der Waals surface area (Å²) in [6.07, 6.45) is 1.41. The number of methoxy groups -OCH3 is 2. The van der Waals surface area contributed by atoms with E-state index in [1.54, 1.807) is 56.7 Å². The summed E-state index contributed by atoms with van der Waals surface area (Å²) in [7, 11) is 3.13. The zero-order chi connectivity index (χ0) is 20.4. The van der Waals surface area contributed by atoms with Crippen molar-refractivity contribution in [3.8, 4) is 17.2 Å². The van der Waals surface area contributed by atoms with Crippen LogP contribution in [0, 0.1) is 0 Å². The van der Waals surface area contributed by atoms with Crippen molar-refractivity contribution in [2.45, 2.75) is 13.5 Å². The first-order valence-corrected chi connectivity index (χ1v) is 8.62. The fourth-order valence-corrected chi connectivity index (χ4v) is 2.26. The van der Waals surface area contributed by atoms with Gasteiger partial charge in [0.05, 0.1) is 27.0 Å². The molecule has 0 saturated heterocycles. The molecule has 8 heteroatoms. The Bertz CT molecular complexity index is 834. The molecule has 0 aliphatic rings. The van der Waals surface area contributed by atoms with Crippen LogP contribution in [-0.2, 0) is 16.1 Å². The van der Waals surface area contributed by atoms with Gasteiger partial charge in [0.25, 0.3) is 0 Å². The average Bonchev–Trinajstić information content (AvgIpc) is 2.72. The normalized spacial score (nSPS) is 10.4. The molecule has 0 unspecified atom stereocenters. The van der Waals surface area contributed by atoms with Gasteiger partial charge in [0.1, 0.15) is 5.75 Å². The van der Waals surface area contributed by atoms with Crippen molar-refractivity contribution in [1.29, 1.82) is 0 Å². The number of hydrogen-bond donors (Lipinski definition) is 2. The minimum Gasteiger partial charge on any atom is -0.497 e. The number of ether oxygens (including phenoxy) is 3. The molecule has 0 heterocycles. The second-order valence-corrected chi connectivity index (χ2v) is 5.57. The maximum atomic E-state index is 11.8. The van der Waals surface area contributed by atoms with E-state index >= 15 is 0 Å². The highest BCUT2D eigenvalue weighted by atomic mass is 16.5. The van der Waals surface area contributed by atoms with E-state index < -0.39 is 11.8 Å². The molecule has 0 atom stereocenters. The number of amides is 2. The highest BCUT2D eigenvalue weighted by molar-refractivity contribution is 6.35. The van der Waals surface area contributed by atoms with E-state index in [1.807, 2.05) is 6.92 Å². The van der Waals surface area contributed by atoms with Crippen LogP contribution >= 0.6 is 0 Å². The maximum Gasteiger partial charge on any atom is 0.329 e. The molecule has 2 rings (SSSR count). The van der Waals surface area contributed by atoms with E-state index in [2.05, 4.69) is 15.8 Å². The lowest BCUT2D eigenvalue weighted by atomic mass is 10.2. The summed E-state index contributed by atoms with van der Waals surface area (Å²) >= 11 is 0. The molecule has 148 valence electrons. The fourth-order valence-electron chi connectivity index (χ4n) is 2.26. The molecule has 0 aromatic heterocycles. The summed E-state index contributed by atoms with van der Waals surface area (Å²) in [6.45, 7) is 2.57. The first kappa shape index (κ1) is 20.8.